The molecular weight excluding hydrogens is 308 g/mol. The molecule has 0 aromatic heterocycles. The first-order valence-corrected chi connectivity index (χ1v) is 9.10. The van der Waals surface area contributed by atoms with Crippen molar-refractivity contribution < 1.29 is 14.3 Å². The van der Waals surface area contributed by atoms with E-state index < -0.39 is 0 Å². The summed E-state index contributed by atoms with van der Waals surface area (Å²) in [5.74, 6) is 0.298. The Hall–Kier alpha value is -1.18. The number of rotatable bonds is 7. The molecule has 0 bridgehead atoms. The summed E-state index contributed by atoms with van der Waals surface area (Å²) in [5.41, 5.74) is 0. The van der Waals surface area contributed by atoms with Crippen LogP contribution < -0.4 is 5.32 Å². The molecule has 0 aromatic carbocycles. The Kier molecular flexibility index (Phi) is 7.94. The lowest BCUT2D eigenvalue weighted by molar-refractivity contribution is -0.136. The zero-order chi connectivity index (χ0) is 17.4. The minimum Gasteiger partial charge on any atom is -0.383 e. The van der Waals surface area contributed by atoms with Crippen LogP contribution >= 0.6 is 0 Å². The molecule has 7 heteroatoms. The summed E-state index contributed by atoms with van der Waals surface area (Å²) in [5, 5.41) is 2.84. The minimum atomic E-state index is 0.0405. The van der Waals surface area contributed by atoms with Crippen LogP contribution in [0.5, 0.6) is 0 Å². The number of methoxy groups -OCH3 is 1. The fraction of sp³-hybridized carbons (Fsp3) is 0.882. The van der Waals surface area contributed by atoms with Crippen molar-refractivity contribution in [3.8, 4) is 0 Å². The van der Waals surface area contributed by atoms with E-state index in [4.69, 9.17) is 4.74 Å². The fourth-order valence-corrected chi connectivity index (χ4v) is 3.41. The number of carbonyl (C=O) groups excluding carboxylic acids is 2. The van der Waals surface area contributed by atoms with Crippen LogP contribution in [0.1, 0.15) is 26.2 Å². The molecule has 2 rings (SSSR count). The number of likely N-dealkylation sites (tertiary alicyclic amines) is 1. The minimum absolute atomic E-state index is 0.0405. The van der Waals surface area contributed by atoms with E-state index in [2.05, 4.69) is 22.0 Å². The van der Waals surface area contributed by atoms with Gasteiger partial charge in [0.15, 0.2) is 0 Å². The topological polar surface area (TPSA) is 65.1 Å². The van der Waals surface area contributed by atoms with Gasteiger partial charge in [-0.1, -0.05) is 0 Å². The van der Waals surface area contributed by atoms with E-state index in [9.17, 15) is 9.59 Å². The van der Waals surface area contributed by atoms with Crippen LogP contribution in [0.4, 0.5) is 0 Å². The summed E-state index contributed by atoms with van der Waals surface area (Å²) < 4.78 is 4.92. The van der Waals surface area contributed by atoms with E-state index >= 15 is 0 Å². The van der Waals surface area contributed by atoms with Crippen molar-refractivity contribution >= 4 is 11.8 Å². The van der Waals surface area contributed by atoms with Gasteiger partial charge in [-0.05, 0) is 26.2 Å². The molecule has 2 amide bonds. The standard InChI is InChI=1S/C17H32N4O3/c1-15-5-3-4-7-21(15)17(23)14-20-10-8-19(9-11-20)13-16(22)18-6-12-24-2/h15H,3-14H2,1-2H3,(H,18,22). The zero-order valence-electron chi connectivity index (χ0n) is 15.1. The van der Waals surface area contributed by atoms with Crippen molar-refractivity contribution in [2.45, 2.75) is 32.2 Å². The van der Waals surface area contributed by atoms with Crippen LogP contribution in [0.2, 0.25) is 0 Å². The maximum atomic E-state index is 12.5. The average molecular weight is 340 g/mol. The number of ether oxygens (including phenoxy) is 1. The molecule has 2 saturated heterocycles. The summed E-state index contributed by atoms with van der Waals surface area (Å²) in [4.78, 5) is 30.7. The molecule has 0 spiro atoms. The molecule has 138 valence electrons. The van der Waals surface area contributed by atoms with Crippen molar-refractivity contribution in [2.75, 3.05) is 66.1 Å². The lowest BCUT2D eigenvalue weighted by Crippen LogP contribution is -2.53. The number of amides is 2. The molecule has 0 saturated carbocycles. The van der Waals surface area contributed by atoms with Gasteiger partial charge in [-0.15, -0.1) is 0 Å². The zero-order valence-corrected chi connectivity index (χ0v) is 15.1. The highest BCUT2D eigenvalue weighted by atomic mass is 16.5. The lowest BCUT2D eigenvalue weighted by Gasteiger charge is -2.37. The van der Waals surface area contributed by atoms with E-state index in [-0.39, 0.29) is 11.8 Å². The van der Waals surface area contributed by atoms with Gasteiger partial charge in [0.1, 0.15) is 0 Å². The first-order valence-electron chi connectivity index (χ1n) is 9.10. The first-order chi connectivity index (χ1) is 11.6. The highest BCUT2D eigenvalue weighted by Gasteiger charge is 2.26. The van der Waals surface area contributed by atoms with Crippen LogP contribution in [-0.2, 0) is 14.3 Å². The van der Waals surface area contributed by atoms with Crippen molar-refractivity contribution in [1.29, 1.82) is 0 Å². The van der Waals surface area contributed by atoms with Gasteiger partial charge in [0.2, 0.25) is 11.8 Å². The van der Waals surface area contributed by atoms with E-state index in [0.29, 0.717) is 32.3 Å². The molecule has 0 aliphatic carbocycles. The summed E-state index contributed by atoms with van der Waals surface area (Å²) in [6.45, 7) is 8.44. The van der Waals surface area contributed by atoms with Gasteiger partial charge >= 0.3 is 0 Å². The van der Waals surface area contributed by atoms with E-state index in [1.54, 1.807) is 7.11 Å². The quantitative estimate of drug-likeness (QED) is 0.649. The Morgan fingerprint density at radius 3 is 2.33 bits per heavy atom. The Morgan fingerprint density at radius 2 is 1.71 bits per heavy atom. The van der Waals surface area contributed by atoms with E-state index in [1.165, 1.54) is 6.42 Å². The number of hydrogen-bond donors (Lipinski definition) is 1. The Balaban J connectivity index is 1.65. The number of nitrogens with one attached hydrogen (secondary N) is 1. The van der Waals surface area contributed by atoms with E-state index in [1.807, 2.05) is 4.90 Å². The molecule has 1 unspecified atom stereocenters. The SMILES string of the molecule is COCCNC(=O)CN1CCN(CC(=O)N2CCCCC2C)CC1. The van der Waals surface area contributed by atoms with E-state index in [0.717, 1.165) is 45.6 Å². The third kappa shape index (κ3) is 6.03. The van der Waals surface area contributed by atoms with Crippen LogP contribution in [0.25, 0.3) is 0 Å². The molecule has 7 nitrogen and oxygen atoms in total. The predicted octanol–water partition coefficient (Wildman–Crippen LogP) is -0.232. The number of piperidine rings is 1. The smallest absolute Gasteiger partial charge is 0.236 e. The normalized spacial score (nSPS) is 23.2. The van der Waals surface area contributed by atoms with Gasteiger partial charge in [0.25, 0.3) is 0 Å². The number of nitrogens with zero attached hydrogens (tertiary/aromatic N) is 3. The summed E-state index contributed by atoms with van der Waals surface area (Å²) in [6, 6.07) is 0.378. The second-order valence-corrected chi connectivity index (χ2v) is 6.83. The van der Waals surface area contributed by atoms with Gasteiger partial charge in [-0.3, -0.25) is 19.4 Å². The highest BCUT2D eigenvalue weighted by molar-refractivity contribution is 5.79. The summed E-state index contributed by atoms with van der Waals surface area (Å²) >= 11 is 0. The first kappa shape index (κ1) is 19.1. The fourth-order valence-electron chi connectivity index (χ4n) is 3.41. The molecule has 2 aliphatic heterocycles. The van der Waals surface area contributed by atoms with Crippen LogP contribution in [0.3, 0.4) is 0 Å². The maximum Gasteiger partial charge on any atom is 0.236 e. The van der Waals surface area contributed by atoms with Crippen molar-refractivity contribution in [3.05, 3.63) is 0 Å². The average Bonchev–Trinajstić information content (AvgIpc) is 2.57. The predicted molar refractivity (Wildman–Crippen MR) is 92.8 cm³/mol. The van der Waals surface area contributed by atoms with Crippen molar-refractivity contribution in [2.24, 2.45) is 0 Å². The van der Waals surface area contributed by atoms with Gasteiger partial charge in [0, 0.05) is 52.4 Å². The molecule has 1 N–H and O–H groups in total. The Bertz CT molecular complexity index is 411. The van der Waals surface area contributed by atoms with Gasteiger partial charge in [-0.2, -0.15) is 0 Å². The molecule has 2 aliphatic rings. The largest absolute Gasteiger partial charge is 0.383 e. The number of piperazine rings is 1. The number of hydrogen-bond acceptors (Lipinski definition) is 5. The summed E-state index contributed by atoms with van der Waals surface area (Å²) in [7, 11) is 1.62. The van der Waals surface area contributed by atoms with Crippen molar-refractivity contribution in [3.63, 3.8) is 0 Å². The molecule has 2 heterocycles. The van der Waals surface area contributed by atoms with Crippen LogP contribution in [-0.4, -0.2) is 98.6 Å². The third-order valence-corrected chi connectivity index (χ3v) is 4.94. The Morgan fingerprint density at radius 1 is 1.04 bits per heavy atom. The second-order valence-electron chi connectivity index (χ2n) is 6.83. The molecule has 24 heavy (non-hydrogen) atoms. The van der Waals surface area contributed by atoms with Crippen LogP contribution in [0, 0.1) is 0 Å². The van der Waals surface area contributed by atoms with Gasteiger partial charge < -0.3 is 15.0 Å². The summed E-state index contributed by atoms with van der Waals surface area (Å²) in [6.07, 6.45) is 3.48. The Labute approximate surface area is 145 Å². The lowest BCUT2D eigenvalue weighted by atomic mass is 10.0. The van der Waals surface area contributed by atoms with Crippen LogP contribution in [0.15, 0.2) is 0 Å². The molecule has 0 aromatic rings. The molecule has 1 atom stereocenters. The molecule has 0 radical (unpaired) electrons. The van der Waals surface area contributed by atoms with Crippen molar-refractivity contribution in [1.82, 2.24) is 20.0 Å². The second kappa shape index (κ2) is 9.96. The highest BCUT2D eigenvalue weighted by Crippen LogP contribution is 2.16. The monoisotopic (exact) mass is 340 g/mol. The molecule has 2 fully saturated rings. The third-order valence-electron chi connectivity index (χ3n) is 4.94. The van der Waals surface area contributed by atoms with Gasteiger partial charge in [-0.25, -0.2) is 0 Å². The number of carbonyl (C=O) groups is 2. The van der Waals surface area contributed by atoms with Gasteiger partial charge in [0.05, 0.1) is 19.7 Å². The maximum absolute atomic E-state index is 12.5. The molecular formula is C17H32N4O3.